The van der Waals surface area contributed by atoms with Crippen molar-refractivity contribution < 1.29 is 61.5 Å². The molecule has 0 spiro atoms. The number of rotatable bonds is 5. The molecule has 0 aliphatic heterocycles. The first-order valence-electron chi connectivity index (χ1n) is 4.33. The smallest absolute Gasteiger partial charge is 0.244 e. The van der Waals surface area contributed by atoms with Crippen molar-refractivity contribution in [2.24, 2.45) is 0 Å². The zero-order chi connectivity index (χ0) is 17.7. The lowest BCUT2D eigenvalue weighted by molar-refractivity contribution is -0.440. The Morgan fingerprint density at radius 3 is 0.952 bits per heavy atom. The second-order valence-corrected chi connectivity index (χ2v) is 3.63. The SMILES string of the molecule is F[13CH2]C(F)(F)C(F)(F)C(F)(F)C(F)(F)C(F)(F)C(F)(F)F. The molecule has 0 aromatic carbocycles. The summed E-state index contributed by atoms with van der Waals surface area (Å²) in [5.41, 5.74) is 0. The summed E-state index contributed by atoms with van der Waals surface area (Å²) in [7, 11) is 0. The number of alkyl halides is 14. The van der Waals surface area contributed by atoms with Gasteiger partial charge in [-0.15, -0.1) is 0 Å². The molecule has 0 atom stereocenters. The largest absolute Gasteiger partial charge is 0.460 e. The molecule has 0 saturated carbocycles. The van der Waals surface area contributed by atoms with Crippen molar-refractivity contribution in [3.63, 3.8) is 0 Å². The molecule has 0 saturated heterocycles. The molecule has 0 heterocycles. The number of halogens is 14. The molecule has 21 heavy (non-hydrogen) atoms. The third-order valence-corrected chi connectivity index (χ3v) is 2.17. The van der Waals surface area contributed by atoms with Crippen LogP contribution in [0.25, 0.3) is 0 Å². The average molecular weight is 353 g/mol. The minimum atomic E-state index is -7.97. The van der Waals surface area contributed by atoms with E-state index < -0.39 is 42.5 Å². The molecule has 0 N–H and O–H groups in total. The zero-order valence-electron chi connectivity index (χ0n) is 9.00. The highest BCUT2D eigenvalue weighted by Gasteiger charge is 2.90. The van der Waals surface area contributed by atoms with Crippen LogP contribution in [0.1, 0.15) is 0 Å². The summed E-state index contributed by atoms with van der Waals surface area (Å²) in [6, 6.07) is 0. The second kappa shape index (κ2) is 4.76. The predicted molar refractivity (Wildman–Crippen MR) is 36.8 cm³/mol. The van der Waals surface area contributed by atoms with E-state index in [9.17, 15) is 61.5 Å². The summed E-state index contributed by atoms with van der Waals surface area (Å²) in [5.74, 6) is -37.8. The van der Waals surface area contributed by atoms with E-state index in [1.54, 1.807) is 0 Å². The fraction of sp³-hybridized carbons (Fsp3) is 1.00. The Balaban J connectivity index is 6.14. The Kier molecular flexibility index (Phi) is 4.54. The van der Waals surface area contributed by atoms with Gasteiger partial charge in [-0.25, -0.2) is 4.39 Å². The van der Waals surface area contributed by atoms with Crippen LogP contribution >= 0.6 is 0 Å². The van der Waals surface area contributed by atoms with Crippen LogP contribution in [0.5, 0.6) is 0 Å². The van der Waals surface area contributed by atoms with Gasteiger partial charge in [0.25, 0.3) is 0 Å². The Labute approximate surface area is 105 Å². The van der Waals surface area contributed by atoms with Crippen molar-refractivity contribution in [1.82, 2.24) is 0 Å². The topological polar surface area (TPSA) is 0 Å². The van der Waals surface area contributed by atoms with Gasteiger partial charge in [0.05, 0.1) is 0 Å². The van der Waals surface area contributed by atoms with Crippen molar-refractivity contribution in [3.8, 4) is 0 Å². The monoisotopic (exact) mass is 353 g/mol. The van der Waals surface area contributed by atoms with Crippen molar-refractivity contribution in [2.75, 3.05) is 6.67 Å². The van der Waals surface area contributed by atoms with Crippen LogP contribution in [-0.2, 0) is 0 Å². The quantitative estimate of drug-likeness (QED) is 0.497. The highest BCUT2D eigenvalue weighted by molar-refractivity contribution is 5.10. The van der Waals surface area contributed by atoms with E-state index in [0.29, 0.717) is 0 Å². The summed E-state index contributed by atoms with van der Waals surface area (Å²) in [5, 5.41) is 0. The van der Waals surface area contributed by atoms with Crippen molar-refractivity contribution in [1.29, 1.82) is 0 Å². The lowest BCUT2D eigenvalue weighted by Gasteiger charge is -2.39. The van der Waals surface area contributed by atoms with Gasteiger partial charge in [0.15, 0.2) is 6.67 Å². The third kappa shape index (κ3) is 2.49. The van der Waals surface area contributed by atoms with Crippen LogP contribution in [0, 0.1) is 0 Å². The molecule has 0 fully saturated rings. The summed E-state index contributed by atoms with van der Waals surface area (Å²) < 4.78 is 170. The summed E-state index contributed by atoms with van der Waals surface area (Å²) >= 11 is 0. The molecular weight excluding hydrogens is 351 g/mol. The molecule has 0 amide bonds. The molecule has 0 rings (SSSR count). The molecular formula is C7H2F14. The highest BCUT2D eigenvalue weighted by atomic mass is 19.4. The molecule has 0 aliphatic rings. The molecule has 0 bridgehead atoms. The summed E-state index contributed by atoms with van der Waals surface area (Å²) in [4.78, 5) is 0. The molecule has 0 unspecified atom stereocenters. The Bertz CT molecular complexity index is 375. The predicted octanol–water partition coefficient (Wildman–Crippen LogP) is 4.69. The van der Waals surface area contributed by atoms with E-state index in [1.165, 1.54) is 0 Å². The fourth-order valence-corrected chi connectivity index (χ4v) is 0.886. The van der Waals surface area contributed by atoms with Crippen LogP contribution in [0.4, 0.5) is 61.5 Å². The third-order valence-electron chi connectivity index (χ3n) is 2.17. The van der Waals surface area contributed by atoms with Gasteiger partial charge in [-0.2, -0.15) is 57.1 Å². The molecule has 0 nitrogen and oxygen atoms in total. The minimum absolute atomic E-state index is 3.71. The molecule has 0 aliphatic carbocycles. The Morgan fingerprint density at radius 1 is 0.429 bits per heavy atom. The van der Waals surface area contributed by atoms with E-state index in [0.717, 1.165) is 0 Å². The first-order chi connectivity index (χ1) is 8.81. The Morgan fingerprint density at radius 2 is 0.714 bits per heavy atom. The fourth-order valence-electron chi connectivity index (χ4n) is 0.886. The van der Waals surface area contributed by atoms with Crippen molar-refractivity contribution in [3.05, 3.63) is 0 Å². The lowest BCUT2D eigenvalue weighted by Crippen LogP contribution is -2.70. The minimum Gasteiger partial charge on any atom is -0.244 e. The van der Waals surface area contributed by atoms with Crippen LogP contribution in [0.3, 0.4) is 0 Å². The van der Waals surface area contributed by atoms with Crippen LogP contribution in [0.2, 0.25) is 0 Å². The van der Waals surface area contributed by atoms with E-state index in [2.05, 4.69) is 0 Å². The highest BCUT2D eigenvalue weighted by Crippen LogP contribution is 2.60. The first kappa shape index (κ1) is 20.0. The van der Waals surface area contributed by atoms with E-state index >= 15 is 0 Å². The van der Waals surface area contributed by atoms with Gasteiger partial charge in [-0.3, -0.25) is 0 Å². The second-order valence-electron chi connectivity index (χ2n) is 3.63. The zero-order valence-corrected chi connectivity index (χ0v) is 9.00. The lowest BCUT2D eigenvalue weighted by atomic mass is 9.96. The van der Waals surface area contributed by atoms with E-state index in [1.807, 2.05) is 0 Å². The molecule has 14 heteroatoms. The van der Waals surface area contributed by atoms with Gasteiger partial charge < -0.3 is 0 Å². The van der Waals surface area contributed by atoms with Crippen LogP contribution in [0.15, 0.2) is 0 Å². The molecule has 128 valence electrons. The average Bonchev–Trinajstić information content (AvgIpc) is 2.26. The maximum absolute atomic E-state index is 12.6. The van der Waals surface area contributed by atoms with E-state index in [4.69, 9.17) is 0 Å². The van der Waals surface area contributed by atoms with Crippen molar-refractivity contribution in [2.45, 2.75) is 35.8 Å². The summed E-state index contributed by atoms with van der Waals surface area (Å²) in [6.07, 6.45) is -7.46. The standard InChI is InChI=1S/C7H2F14/c8-1-2(9,10)3(11,12)4(13,14)5(15,16)6(17,18)7(19,20)21/h1H2/i1+1. The molecule has 0 aromatic rings. The molecule has 0 radical (unpaired) electrons. The van der Waals surface area contributed by atoms with Gasteiger partial charge in [-0.1, -0.05) is 0 Å². The maximum Gasteiger partial charge on any atom is 0.460 e. The van der Waals surface area contributed by atoms with Gasteiger partial charge in [0, 0.05) is 0 Å². The maximum atomic E-state index is 12.6. The van der Waals surface area contributed by atoms with Crippen molar-refractivity contribution >= 4 is 0 Å². The van der Waals surface area contributed by atoms with Gasteiger partial charge in [0.2, 0.25) is 0 Å². The molecule has 0 aromatic heterocycles. The van der Waals surface area contributed by atoms with Gasteiger partial charge in [0.1, 0.15) is 0 Å². The van der Waals surface area contributed by atoms with Gasteiger partial charge in [-0.05, 0) is 0 Å². The first-order valence-corrected chi connectivity index (χ1v) is 4.33. The van der Waals surface area contributed by atoms with Gasteiger partial charge >= 0.3 is 35.8 Å². The number of hydrogen-bond donors (Lipinski definition) is 0. The number of hydrogen-bond acceptors (Lipinski definition) is 0. The normalized spacial score (nSPS) is 16.3. The van der Waals surface area contributed by atoms with Crippen LogP contribution in [-0.4, -0.2) is 42.5 Å². The summed E-state index contributed by atoms with van der Waals surface area (Å²) in [6.45, 7) is -3.71. The Hall–Kier alpha value is -0.980. The van der Waals surface area contributed by atoms with E-state index in [-0.39, 0.29) is 0 Å². The van der Waals surface area contributed by atoms with Crippen LogP contribution < -0.4 is 0 Å².